The smallest absolute Gasteiger partial charge is 0.240 e. The van der Waals surface area contributed by atoms with Crippen LogP contribution in [-0.2, 0) is 11.3 Å². The molecule has 5 nitrogen and oxygen atoms in total. The van der Waals surface area contributed by atoms with Crippen LogP contribution in [0.5, 0.6) is 0 Å². The van der Waals surface area contributed by atoms with Crippen LogP contribution in [0.2, 0.25) is 0 Å². The summed E-state index contributed by atoms with van der Waals surface area (Å²) < 4.78 is 10.00. The van der Waals surface area contributed by atoms with Gasteiger partial charge in [-0.05, 0) is 6.92 Å². The number of hydrogen-bond donors (Lipinski definition) is 1. The lowest BCUT2D eigenvalue weighted by Gasteiger charge is -2.00. The number of methoxy groups -OCH3 is 1. The lowest BCUT2D eigenvalue weighted by molar-refractivity contribution is 0.109. The van der Waals surface area contributed by atoms with Gasteiger partial charge in [0.2, 0.25) is 5.89 Å². The molecule has 0 aliphatic rings. The van der Waals surface area contributed by atoms with Crippen molar-refractivity contribution in [3.05, 3.63) is 11.7 Å². The van der Waals surface area contributed by atoms with Crippen molar-refractivity contribution in [1.82, 2.24) is 15.5 Å². The molecule has 1 aromatic heterocycles. The first-order valence-corrected chi connectivity index (χ1v) is 4.27. The van der Waals surface area contributed by atoms with Crippen LogP contribution in [0.3, 0.4) is 0 Å². The summed E-state index contributed by atoms with van der Waals surface area (Å²) in [6.07, 6.45) is 4.92. The largest absolute Gasteiger partial charge is 0.374 e. The number of nitrogens with zero attached hydrogens (tertiary/aromatic N) is 2. The molecular formula is C9H13N3O2. The molecule has 1 N–H and O–H groups in total. The molecule has 76 valence electrons. The number of ether oxygens (including phenoxy) is 1. The van der Waals surface area contributed by atoms with Gasteiger partial charge in [0.1, 0.15) is 6.10 Å². The average Bonchev–Trinajstić information content (AvgIpc) is 2.66. The minimum absolute atomic E-state index is 0.153. The highest BCUT2D eigenvalue weighted by molar-refractivity contribution is 4.91. The first-order chi connectivity index (χ1) is 6.77. The maximum Gasteiger partial charge on any atom is 0.240 e. The van der Waals surface area contributed by atoms with E-state index in [0.717, 1.165) is 0 Å². The maximum absolute atomic E-state index is 5.07. The van der Waals surface area contributed by atoms with Crippen molar-refractivity contribution >= 4 is 0 Å². The molecule has 0 aliphatic carbocycles. The Balaban J connectivity index is 2.47. The Bertz CT molecular complexity index is 316. The molecule has 1 unspecified atom stereocenters. The summed E-state index contributed by atoms with van der Waals surface area (Å²) in [6, 6.07) is 0. The topological polar surface area (TPSA) is 60.2 Å². The molecule has 0 aliphatic heterocycles. The van der Waals surface area contributed by atoms with E-state index in [1.54, 1.807) is 7.11 Å². The highest BCUT2D eigenvalue weighted by Gasteiger charge is 2.11. The van der Waals surface area contributed by atoms with Gasteiger partial charge < -0.3 is 9.26 Å². The molecule has 1 heterocycles. The van der Waals surface area contributed by atoms with Crippen molar-refractivity contribution in [2.24, 2.45) is 0 Å². The zero-order valence-corrected chi connectivity index (χ0v) is 8.28. The van der Waals surface area contributed by atoms with Crippen molar-refractivity contribution in [3.8, 4) is 12.3 Å². The Kier molecular flexibility index (Phi) is 4.11. The summed E-state index contributed by atoms with van der Waals surface area (Å²) in [5.74, 6) is 3.51. The first kappa shape index (κ1) is 10.7. The van der Waals surface area contributed by atoms with Gasteiger partial charge >= 0.3 is 0 Å². The molecule has 0 amide bonds. The van der Waals surface area contributed by atoms with Crippen molar-refractivity contribution < 1.29 is 9.26 Å². The number of nitrogens with one attached hydrogen (secondary N) is 1. The fraction of sp³-hybridized carbons (Fsp3) is 0.556. The average molecular weight is 195 g/mol. The normalized spacial score (nSPS) is 12.4. The van der Waals surface area contributed by atoms with Crippen LogP contribution in [0, 0.1) is 12.3 Å². The molecule has 0 bridgehead atoms. The van der Waals surface area contributed by atoms with Gasteiger partial charge in [0.15, 0.2) is 5.82 Å². The number of rotatable bonds is 5. The summed E-state index contributed by atoms with van der Waals surface area (Å²) >= 11 is 0. The Morgan fingerprint density at radius 1 is 1.71 bits per heavy atom. The van der Waals surface area contributed by atoms with Gasteiger partial charge in [-0.3, -0.25) is 5.32 Å². The van der Waals surface area contributed by atoms with E-state index >= 15 is 0 Å². The molecule has 1 rings (SSSR count). The van der Waals surface area contributed by atoms with Gasteiger partial charge in [-0.2, -0.15) is 4.98 Å². The molecule has 0 radical (unpaired) electrons. The number of terminal acetylenes is 1. The molecule has 0 saturated carbocycles. The lowest BCUT2D eigenvalue weighted by atomic mass is 10.4. The summed E-state index contributed by atoms with van der Waals surface area (Å²) in [5, 5.41) is 6.71. The molecule has 0 aromatic carbocycles. The van der Waals surface area contributed by atoms with Gasteiger partial charge in [0.25, 0.3) is 0 Å². The molecule has 0 fully saturated rings. The monoisotopic (exact) mass is 195 g/mol. The van der Waals surface area contributed by atoms with Gasteiger partial charge in [-0.1, -0.05) is 11.1 Å². The molecule has 5 heteroatoms. The third-order valence-electron chi connectivity index (χ3n) is 1.70. The Hall–Kier alpha value is -1.38. The minimum Gasteiger partial charge on any atom is -0.374 e. The SMILES string of the molecule is C#CCNCc1nc(C(C)OC)no1. The van der Waals surface area contributed by atoms with Crippen LogP contribution in [0.15, 0.2) is 4.52 Å². The molecule has 0 saturated heterocycles. The van der Waals surface area contributed by atoms with Gasteiger partial charge in [-0.15, -0.1) is 6.42 Å². The van der Waals surface area contributed by atoms with E-state index in [0.29, 0.717) is 24.8 Å². The maximum atomic E-state index is 5.07. The third-order valence-corrected chi connectivity index (χ3v) is 1.70. The molecule has 1 aromatic rings. The van der Waals surface area contributed by atoms with Crippen LogP contribution in [0.1, 0.15) is 24.7 Å². The van der Waals surface area contributed by atoms with Crippen LogP contribution < -0.4 is 5.32 Å². The lowest BCUT2D eigenvalue weighted by Crippen LogP contribution is -2.13. The number of aromatic nitrogens is 2. The van der Waals surface area contributed by atoms with Crippen molar-refractivity contribution in [2.45, 2.75) is 19.6 Å². The third kappa shape index (κ3) is 2.83. The fourth-order valence-corrected chi connectivity index (χ4v) is 0.852. The van der Waals surface area contributed by atoms with Gasteiger partial charge in [-0.25, -0.2) is 0 Å². The van der Waals surface area contributed by atoms with Crippen molar-refractivity contribution in [1.29, 1.82) is 0 Å². The Labute approximate surface area is 82.8 Å². The van der Waals surface area contributed by atoms with Crippen LogP contribution in [-0.4, -0.2) is 23.8 Å². The second kappa shape index (κ2) is 5.37. The van der Waals surface area contributed by atoms with E-state index < -0.39 is 0 Å². The molecule has 1 atom stereocenters. The quantitative estimate of drug-likeness (QED) is 0.547. The Morgan fingerprint density at radius 2 is 2.50 bits per heavy atom. The van der Waals surface area contributed by atoms with Crippen molar-refractivity contribution in [2.75, 3.05) is 13.7 Å². The van der Waals surface area contributed by atoms with E-state index in [4.69, 9.17) is 15.7 Å². The van der Waals surface area contributed by atoms with E-state index in [1.165, 1.54) is 0 Å². The van der Waals surface area contributed by atoms with Crippen molar-refractivity contribution in [3.63, 3.8) is 0 Å². The van der Waals surface area contributed by atoms with Crippen LogP contribution in [0.4, 0.5) is 0 Å². The summed E-state index contributed by atoms with van der Waals surface area (Å²) in [4.78, 5) is 4.12. The summed E-state index contributed by atoms with van der Waals surface area (Å²) in [6.45, 7) is 2.81. The van der Waals surface area contributed by atoms with E-state index in [-0.39, 0.29) is 6.10 Å². The zero-order chi connectivity index (χ0) is 10.4. The second-order valence-electron chi connectivity index (χ2n) is 2.73. The first-order valence-electron chi connectivity index (χ1n) is 4.27. The second-order valence-corrected chi connectivity index (χ2v) is 2.73. The highest BCUT2D eigenvalue weighted by Crippen LogP contribution is 2.10. The highest BCUT2D eigenvalue weighted by atomic mass is 16.5. The molecule has 0 spiro atoms. The van der Waals surface area contributed by atoms with Gasteiger partial charge in [0, 0.05) is 7.11 Å². The standard InChI is InChI=1S/C9H13N3O2/c1-4-5-10-6-8-11-9(12-14-8)7(2)13-3/h1,7,10H,5-6H2,2-3H3. The Morgan fingerprint density at radius 3 is 3.14 bits per heavy atom. The molecule has 14 heavy (non-hydrogen) atoms. The predicted molar refractivity (Wildman–Crippen MR) is 50.3 cm³/mol. The fourth-order valence-electron chi connectivity index (χ4n) is 0.852. The number of hydrogen-bond acceptors (Lipinski definition) is 5. The van der Waals surface area contributed by atoms with E-state index in [2.05, 4.69) is 21.4 Å². The molecular weight excluding hydrogens is 182 g/mol. The van der Waals surface area contributed by atoms with Crippen LogP contribution in [0.25, 0.3) is 0 Å². The van der Waals surface area contributed by atoms with Crippen LogP contribution >= 0.6 is 0 Å². The van der Waals surface area contributed by atoms with E-state index in [1.807, 2.05) is 6.92 Å². The van der Waals surface area contributed by atoms with E-state index in [9.17, 15) is 0 Å². The zero-order valence-electron chi connectivity index (χ0n) is 8.28. The van der Waals surface area contributed by atoms with Gasteiger partial charge in [0.05, 0.1) is 13.1 Å². The summed E-state index contributed by atoms with van der Waals surface area (Å²) in [5.41, 5.74) is 0. The summed E-state index contributed by atoms with van der Waals surface area (Å²) in [7, 11) is 1.59. The minimum atomic E-state index is -0.153. The predicted octanol–water partition coefficient (Wildman–Crippen LogP) is 0.500.